The molecule has 0 amide bonds. The summed E-state index contributed by atoms with van der Waals surface area (Å²) in [6.07, 6.45) is 0.974. The molecule has 0 spiro atoms. The fourth-order valence-corrected chi connectivity index (χ4v) is 1.19. The van der Waals surface area contributed by atoms with Gasteiger partial charge in [-0.25, -0.2) is 0 Å². The Bertz CT molecular complexity index is 376. The fourth-order valence-electron chi connectivity index (χ4n) is 1.19. The first-order valence-corrected chi connectivity index (χ1v) is 4.31. The van der Waals surface area contributed by atoms with Gasteiger partial charge in [0, 0.05) is 0 Å². The minimum Gasteiger partial charge on any atom is -0.317 e. The largest absolute Gasteiger partial charge is 0.416 e. The Morgan fingerprint density at radius 1 is 1.40 bits per heavy atom. The van der Waals surface area contributed by atoms with Gasteiger partial charge in [0.05, 0.1) is 11.6 Å². The van der Waals surface area contributed by atoms with Gasteiger partial charge in [-0.3, -0.25) is 0 Å². The van der Waals surface area contributed by atoms with Crippen molar-refractivity contribution in [2.45, 2.75) is 18.6 Å². The molecule has 0 radical (unpaired) electrons. The smallest absolute Gasteiger partial charge is 0.317 e. The normalized spacial score (nSPS) is 13.3. The summed E-state index contributed by atoms with van der Waals surface area (Å²) in [6.45, 7) is 0. The summed E-state index contributed by atoms with van der Waals surface area (Å²) in [5.74, 6) is 2.27. The maximum Gasteiger partial charge on any atom is 0.416 e. The van der Waals surface area contributed by atoms with Crippen molar-refractivity contribution >= 4 is 0 Å². The van der Waals surface area contributed by atoms with E-state index in [4.69, 9.17) is 12.2 Å². The van der Waals surface area contributed by atoms with Crippen molar-refractivity contribution < 1.29 is 13.2 Å². The van der Waals surface area contributed by atoms with Crippen LogP contribution in [0, 0.1) is 12.3 Å². The summed E-state index contributed by atoms with van der Waals surface area (Å²) < 4.78 is 36.9. The van der Waals surface area contributed by atoms with Crippen LogP contribution < -0.4 is 5.73 Å². The van der Waals surface area contributed by atoms with Crippen molar-refractivity contribution in [3.8, 4) is 12.3 Å². The standard InChI is InChI=1S/C11H10F3N/c1-2-10(15)7-8-4-3-5-9(6-8)11(12,13)14/h1,3-6,10H,7,15H2. The molecule has 1 unspecified atom stereocenters. The van der Waals surface area contributed by atoms with Crippen molar-refractivity contribution in [3.63, 3.8) is 0 Å². The molecule has 1 aromatic rings. The Kier molecular flexibility index (Phi) is 3.38. The van der Waals surface area contributed by atoms with Gasteiger partial charge in [-0.15, -0.1) is 6.42 Å². The van der Waals surface area contributed by atoms with Crippen LogP contribution in [-0.2, 0) is 12.6 Å². The number of halogens is 3. The van der Waals surface area contributed by atoms with Gasteiger partial charge in [0.15, 0.2) is 0 Å². The molecule has 0 fully saturated rings. The van der Waals surface area contributed by atoms with Gasteiger partial charge in [0.1, 0.15) is 0 Å². The van der Waals surface area contributed by atoms with Gasteiger partial charge in [0.25, 0.3) is 0 Å². The second-order valence-corrected chi connectivity index (χ2v) is 3.18. The molecule has 1 atom stereocenters. The predicted molar refractivity (Wildman–Crippen MR) is 52.0 cm³/mol. The van der Waals surface area contributed by atoms with Crippen LogP contribution in [-0.4, -0.2) is 6.04 Å². The van der Waals surface area contributed by atoms with Gasteiger partial charge in [0.2, 0.25) is 0 Å². The van der Waals surface area contributed by atoms with E-state index < -0.39 is 17.8 Å². The van der Waals surface area contributed by atoms with E-state index in [1.54, 1.807) is 6.07 Å². The molecule has 0 saturated carbocycles. The summed E-state index contributed by atoms with van der Waals surface area (Å²) in [7, 11) is 0. The Morgan fingerprint density at radius 2 is 2.07 bits per heavy atom. The molecular formula is C11H10F3N. The van der Waals surface area contributed by atoms with Crippen LogP contribution in [0.25, 0.3) is 0 Å². The molecule has 0 aliphatic carbocycles. The van der Waals surface area contributed by atoms with Crippen molar-refractivity contribution in [1.82, 2.24) is 0 Å². The molecular weight excluding hydrogens is 203 g/mol. The van der Waals surface area contributed by atoms with Crippen molar-refractivity contribution in [1.29, 1.82) is 0 Å². The first kappa shape index (κ1) is 11.6. The Hall–Kier alpha value is -1.47. The van der Waals surface area contributed by atoms with Crippen LogP contribution in [0.3, 0.4) is 0 Å². The lowest BCUT2D eigenvalue weighted by molar-refractivity contribution is -0.137. The zero-order valence-corrected chi connectivity index (χ0v) is 7.88. The first-order valence-electron chi connectivity index (χ1n) is 4.31. The third kappa shape index (κ3) is 3.30. The van der Waals surface area contributed by atoms with Gasteiger partial charge < -0.3 is 5.73 Å². The van der Waals surface area contributed by atoms with Crippen LogP contribution >= 0.6 is 0 Å². The van der Waals surface area contributed by atoms with Crippen LogP contribution in [0.4, 0.5) is 13.2 Å². The van der Waals surface area contributed by atoms with Gasteiger partial charge >= 0.3 is 6.18 Å². The molecule has 0 heterocycles. The minimum atomic E-state index is -4.32. The molecule has 0 aliphatic rings. The molecule has 15 heavy (non-hydrogen) atoms. The highest BCUT2D eigenvalue weighted by Gasteiger charge is 2.30. The molecule has 0 aliphatic heterocycles. The summed E-state index contributed by atoms with van der Waals surface area (Å²) in [6, 6.07) is 4.46. The molecule has 2 N–H and O–H groups in total. The van der Waals surface area contributed by atoms with E-state index in [1.165, 1.54) is 6.07 Å². The number of hydrogen-bond acceptors (Lipinski definition) is 1. The second-order valence-electron chi connectivity index (χ2n) is 3.18. The van der Waals surface area contributed by atoms with E-state index in [1.807, 2.05) is 0 Å². The topological polar surface area (TPSA) is 26.0 Å². The van der Waals surface area contributed by atoms with E-state index in [0.29, 0.717) is 5.56 Å². The maximum atomic E-state index is 12.3. The highest BCUT2D eigenvalue weighted by Crippen LogP contribution is 2.29. The third-order valence-electron chi connectivity index (χ3n) is 1.92. The molecule has 80 valence electrons. The van der Waals surface area contributed by atoms with E-state index in [9.17, 15) is 13.2 Å². The molecule has 1 rings (SSSR count). The molecule has 0 bridgehead atoms. The van der Waals surface area contributed by atoms with E-state index in [2.05, 4.69) is 5.92 Å². The van der Waals surface area contributed by atoms with Crippen molar-refractivity contribution in [2.24, 2.45) is 5.73 Å². The number of hydrogen-bond donors (Lipinski definition) is 1. The van der Waals surface area contributed by atoms with Gasteiger partial charge in [-0.1, -0.05) is 24.1 Å². The number of rotatable bonds is 2. The molecule has 4 heteroatoms. The fraction of sp³-hybridized carbons (Fsp3) is 0.273. The van der Waals surface area contributed by atoms with Gasteiger partial charge in [-0.05, 0) is 18.1 Å². The van der Waals surface area contributed by atoms with Crippen LogP contribution in [0.15, 0.2) is 24.3 Å². The SMILES string of the molecule is C#CC(N)Cc1cccc(C(F)(F)F)c1. The Morgan fingerprint density at radius 3 is 2.60 bits per heavy atom. The Balaban J connectivity index is 2.90. The molecule has 0 aromatic heterocycles. The van der Waals surface area contributed by atoms with Crippen molar-refractivity contribution in [3.05, 3.63) is 35.4 Å². The first-order chi connectivity index (χ1) is 6.93. The number of alkyl halides is 3. The van der Waals surface area contributed by atoms with Crippen molar-refractivity contribution in [2.75, 3.05) is 0 Å². The average Bonchev–Trinajstić information content (AvgIpc) is 2.17. The lowest BCUT2D eigenvalue weighted by atomic mass is 10.0. The summed E-state index contributed by atoms with van der Waals surface area (Å²) in [5.41, 5.74) is 5.27. The maximum absolute atomic E-state index is 12.3. The lowest BCUT2D eigenvalue weighted by Crippen LogP contribution is -2.20. The van der Waals surface area contributed by atoms with Crippen LogP contribution in [0.5, 0.6) is 0 Å². The summed E-state index contributed by atoms with van der Waals surface area (Å²) >= 11 is 0. The van der Waals surface area contributed by atoms with E-state index in [0.717, 1.165) is 12.1 Å². The number of nitrogens with two attached hydrogens (primary N) is 1. The zero-order chi connectivity index (χ0) is 11.5. The average molecular weight is 213 g/mol. The van der Waals surface area contributed by atoms with Crippen LogP contribution in [0.1, 0.15) is 11.1 Å². The lowest BCUT2D eigenvalue weighted by Gasteiger charge is -2.09. The third-order valence-corrected chi connectivity index (χ3v) is 1.92. The van der Waals surface area contributed by atoms with Crippen LogP contribution in [0.2, 0.25) is 0 Å². The van der Waals surface area contributed by atoms with E-state index in [-0.39, 0.29) is 6.42 Å². The molecule has 1 aromatic carbocycles. The predicted octanol–water partition coefficient (Wildman–Crippen LogP) is 2.21. The number of benzene rings is 1. The summed E-state index contributed by atoms with van der Waals surface area (Å²) in [4.78, 5) is 0. The Labute approximate surface area is 86.1 Å². The van der Waals surface area contributed by atoms with Gasteiger partial charge in [-0.2, -0.15) is 13.2 Å². The number of terminal acetylenes is 1. The minimum absolute atomic E-state index is 0.250. The highest BCUT2D eigenvalue weighted by molar-refractivity contribution is 5.27. The molecule has 1 nitrogen and oxygen atoms in total. The summed E-state index contributed by atoms with van der Waals surface area (Å²) in [5, 5.41) is 0. The van der Waals surface area contributed by atoms with E-state index >= 15 is 0 Å². The second kappa shape index (κ2) is 4.37. The quantitative estimate of drug-likeness (QED) is 0.749. The highest BCUT2D eigenvalue weighted by atomic mass is 19.4. The molecule has 0 saturated heterocycles. The zero-order valence-electron chi connectivity index (χ0n) is 7.88. The monoisotopic (exact) mass is 213 g/mol.